The molecule has 3 rings (SSSR count). The summed E-state index contributed by atoms with van der Waals surface area (Å²) in [4.78, 5) is 50.8. The number of carbonyl (C=O) groups is 4. The molecule has 2 aliphatic heterocycles. The second-order valence-corrected chi connectivity index (χ2v) is 7.23. The number of nitrogens with zero attached hydrogens (tertiary/aromatic N) is 2. The maximum Gasteiger partial charge on any atom is 0.344 e. The van der Waals surface area contributed by atoms with Gasteiger partial charge in [0.25, 0.3) is 5.91 Å². The van der Waals surface area contributed by atoms with Crippen molar-refractivity contribution in [1.82, 2.24) is 20.7 Å². The van der Waals surface area contributed by atoms with Gasteiger partial charge in [-0.25, -0.2) is 4.79 Å². The van der Waals surface area contributed by atoms with Crippen LogP contribution >= 0.6 is 0 Å². The normalized spacial score (nSPS) is 26.5. The highest BCUT2D eigenvalue weighted by Crippen LogP contribution is 2.33. The summed E-state index contributed by atoms with van der Waals surface area (Å²) < 4.78 is 0. The van der Waals surface area contributed by atoms with Gasteiger partial charge in [-0.05, 0) is 26.7 Å². The van der Waals surface area contributed by atoms with E-state index in [0.717, 1.165) is 24.3 Å². The third-order valence-electron chi connectivity index (χ3n) is 5.24. The van der Waals surface area contributed by atoms with Gasteiger partial charge in [0, 0.05) is 19.0 Å². The maximum absolute atomic E-state index is 12.6. The second kappa shape index (κ2) is 6.07. The van der Waals surface area contributed by atoms with Crippen LogP contribution in [0, 0.1) is 5.92 Å². The van der Waals surface area contributed by atoms with Crippen molar-refractivity contribution in [1.29, 1.82) is 0 Å². The lowest BCUT2D eigenvalue weighted by molar-refractivity contribution is -0.141. The van der Waals surface area contributed by atoms with Gasteiger partial charge in [0.15, 0.2) is 0 Å². The molecule has 8 heteroatoms. The SMILES string of the molecule is CC(C)N1C[C@@H](C(=O)NN2C(=O)NC3(CCCCC3)C2=O)CC1=O. The van der Waals surface area contributed by atoms with E-state index < -0.39 is 23.4 Å². The minimum atomic E-state index is -0.863. The molecular formula is C16H24N4O4. The molecule has 1 saturated carbocycles. The molecule has 0 aromatic rings. The van der Waals surface area contributed by atoms with Crippen LogP contribution in [0.1, 0.15) is 52.4 Å². The Morgan fingerprint density at radius 2 is 1.88 bits per heavy atom. The first-order valence-corrected chi connectivity index (χ1v) is 8.61. The first-order chi connectivity index (χ1) is 11.3. The molecule has 132 valence electrons. The summed E-state index contributed by atoms with van der Waals surface area (Å²) >= 11 is 0. The zero-order chi connectivity index (χ0) is 17.5. The average molecular weight is 336 g/mol. The van der Waals surface area contributed by atoms with Crippen LogP contribution in [0.15, 0.2) is 0 Å². The molecule has 0 unspecified atom stereocenters. The van der Waals surface area contributed by atoms with Gasteiger partial charge in [-0.2, -0.15) is 5.01 Å². The summed E-state index contributed by atoms with van der Waals surface area (Å²) in [7, 11) is 0. The molecule has 1 spiro atoms. The summed E-state index contributed by atoms with van der Waals surface area (Å²) in [5, 5.41) is 3.55. The monoisotopic (exact) mass is 336 g/mol. The number of carbonyl (C=O) groups excluding carboxylic acids is 4. The Bertz CT molecular complexity index is 583. The van der Waals surface area contributed by atoms with Gasteiger partial charge in [-0.15, -0.1) is 0 Å². The van der Waals surface area contributed by atoms with Gasteiger partial charge in [-0.3, -0.25) is 19.8 Å². The summed E-state index contributed by atoms with van der Waals surface area (Å²) in [5.41, 5.74) is 1.56. The zero-order valence-corrected chi connectivity index (χ0v) is 14.1. The first kappa shape index (κ1) is 16.7. The molecular weight excluding hydrogens is 312 g/mol. The Labute approximate surface area is 140 Å². The lowest BCUT2D eigenvalue weighted by atomic mass is 9.82. The number of nitrogens with one attached hydrogen (secondary N) is 2. The van der Waals surface area contributed by atoms with Crippen molar-refractivity contribution in [2.45, 2.75) is 64.0 Å². The van der Waals surface area contributed by atoms with E-state index in [4.69, 9.17) is 0 Å². The van der Waals surface area contributed by atoms with Crippen LogP contribution in [0.25, 0.3) is 0 Å². The fourth-order valence-corrected chi connectivity index (χ4v) is 3.82. The Morgan fingerprint density at radius 3 is 2.46 bits per heavy atom. The molecule has 2 heterocycles. The quantitative estimate of drug-likeness (QED) is 0.734. The molecule has 24 heavy (non-hydrogen) atoms. The molecule has 5 amide bonds. The van der Waals surface area contributed by atoms with Crippen LogP contribution in [0.5, 0.6) is 0 Å². The predicted molar refractivity (Wildman–Crippen MR) is 84.3 cm³/mol. The van der Waals surface area contributed by atoms with Crippen LogP contribution in [-0.2, 0) is 14.4 Å². The number of imide groups is 1. The Balaban J connectivity index is 1.66. The van der Waals surface area contributed by atoms with Crippen molar-refractivity contribution in [2.24, 2.45) is 5.92 Å². The largest absolute Gasteiger partial charge is 0.344 e. The van der Waals surface area contributed by atoms with Gasteiger partial charge >= 0.3 is 6.03 Å². The predicted octanol–water partition coefficient (Wildman–Crippen LogP) is 0.529. The summed E-state index contributed by atoms with van der Waals surface area (Å²) in [6, 6.07) is -0.558. The van der Waals surface area contributed by atoms with E-state index in [1.54, 1.807) is 4.90 Å². The van der Waals surface area contributed by atoms with Crippen LogP contribution in [0.2, 0.25) is 0 Å². The van der Waals surface area contributed by atoms with Crippen molar-refractivity contribution in [3.8, 4) is 0 Å². The Morgan fingerprint density at radius 1 is 1.21 bits per heavy atom. The van der Waals surface area contributed by atoms with E-state index >= 15 is 0 Å². The number of rotatable bonds is 3. The lowest BCUT2D eigenvalue weighted by Gasteiger charge is -2.30. The molecule has 3 aliphatic rings. The highest BCUT2D eigenvalue weighted by molar-refractivity contribution is 6.08. The van der Waals surface area contributed by atoms with Crippen LogP contribution < -0.4 is 10.7 Å². The van der Waals surface area contributed by atoms with E-state index in [-0.39, 0.29) is 24.3 Å². The van der Waals surface area contributed by atoms with Gasteiger partial charge < -0.3 is 10.2 Å². The molecule has 1 atom stereocenters. The number of likely N-dealkylation sites (tertiary alicyclic amines) is 1. The topological polar surface area (TPSA) is 98.8 Å². The number of hydrazine groups is 1. The van der Waals surface area contributed by atoms with Crippen molar-refractivity contribution in [3.63, 3.8) is 0 Å². The van der Waals surface area contributed by atoms with Crippen molar-refractivity contribution < 1.29 is 19.2 Å². The molecule has 0 radical (unpaired) electrons. The van der Waals surface area contributed by atoms with Gasteiger partial charge in [-0.1, -0.05) is 19.3 Å². The molecule has 2 saturated heterocycles. The van der Waals surface area contributed by atoms with Crippen LogP contribution in [0.4, 0.5) is 4.79 Å². The van der Waals surface area contributed by atoms with Gasteiger partial charge in [0.2, 0.25) is 11.8 Å². The third kappa shape index (κ3) is 2.74. The highest BCUT2D eigenvalue weighted by Gasteiger charge is 2.52. The number of amides is 5. The van der Waals surface area contributed by atoms with Crippen molar-refractivity contribution in [2.75, 3.05) is 6.54 Å². The van der Waals surface area contributed by atoms with E-state index in [0.29, 0.717) is 19.4 Å². The Hall–Kier alpha value is -2.12. The second-order valence-electron chi connectivity index (χ2n) is 7.23. The van der Waals surface area contributed by atoms with E-state index in [1.165, 1.54) is 0 Å². The van der Waals surface area contributed by atoms with E-state index in [2.05, 4.69) is 10.7 Å². The molecule has 3 fully saturated rings. The lowest BCUT2D eigenvalue weighted by Crippen LogP contribution is -2.52. The third-order valence-corrected chi connectivity index (χ3v) is 5.24. The summed E-state index contributed by atoms with van der Waals surface area (Å²) in [5.74, 6) is -1.46. The molecule has 0 bridgehead atoms. The van der Waals surface area contributed by atoms with Gasteiger partial charge in [0.05, 0.1) is 5.92 Å². The summed E-state index contributed by atoms with van der Waals surface area (Å²) in [6.45, 7) is 4.10. The molecule has 0 aromatic carbocycles. The standard InChI is InChI=1S/C16H24N4O4/c1-10(2)19-9-11(8-12(19)21)13(22)18-20-14(23)16(17-15(20)24)6-4-3-5-7-16/h10-11H,3-9H2,1-2H3,(H,17,24)(H,18,22)/t11-/m0/s1. The summed E-state index contributed by atoms with van der Waals surface area (Å²) in [6.07, 6.45) is 4.13. The van der Waals surface area contributed by atoms with Crippen LogP contribution in [-0.4, -0.2) is 51.8 Å². The van der Waals surface area contributed by atoms with Crippen LogP contribution in [0.3, 0.4) is 0 Å². The first-order valence-electron chi connectivity index (χ1n) is 8.61. The van der Waals surface area contributed by atoms with Gasteiger partial charge in [0.1, 0.15) is 5.54 Å². The fraction of sp³-hybridized carbons (Fsp3) is 0.750. The highest BCUT2D eigenvalue weighted by atomic mass is 16.2. The average Bonchev–Trinajstić information content (AvgIpc) is 3.03. The smallest absolute Gasteiger partial charge is 0.339 e. The van der Waals surface area contributed by atoms with Crippen molar-refractivity contribution in [3.05, 3.63) is 0 Å². The fourth-order valence-electron chi connectivity index (χ4n) is 3.82. The number of hydrogen-bond acceptors (Lipinski definition) is 4. The minimum Gasteiger partial charge on any atom is -0.339 e. The van der Waals surface area contributed by atoms with Crippen molar-refractivity contribution >= 4 is 23.8 Å². The maximum atomic E-state index is 12.6. The number of urea groups is 1. The minimum absolute atomic E-state index is 0.0255. The molecule has 2 N–H and O–H groups in total. The zero-order valence-electron chi connectivity index (χ0n) is 14.1. The number of hydrogen-bond donors (Lipinski definition) is 2. The molecule has 8 nitrogen and oxygen atoms in total. The van der Waals surface area contributed by atoms with E-state index in [9.17, 15) is 19.2 Å². The molecule has 0 aromatic heterocycles. The molecule has 1 aliphatic carbocycles. The van der Waals surface area contributed by atoms with E-state index in [1.807, 2.05) is 13.8 Å². The Kier molecular flexibility index (Phi) is 4.23.